The predicted octanol–water partition coefficient (Wildman–Crippen LogP) is 4.54. The maximum absolute atomic E-state index is 13.7. The van der Waals surface area contributed by atoms with Gasteiger partial charge in [0.25, 0.3) is 0 Å². The second-order valence-corrected chi connectivity index (χ2v) is 6.99. The summed E-state index contributed by atoms with van der Waals surface area (Å²) in [6.45, 7) is 2.04. The molecular weight excluding hydrogens is 381 g/mol. The van der Waals surface area contributed by atoms with Gasteiger partial charge in [-0.15, -0.1) is 11.3 Å². The van der Waals surface area contributed by atoms with Gasteiger partial charge in [0, 0.05) is 17.9 Å². The number of rotatable bonds is 2. The van der Waals surface area contributed by atoms with E-state index in [4.69, 9.17) is 15.2 Å². The number of nitrogen functional groups attached to an aromatic ring is 1. The number of carbonyl (C=O) groups is 1. The molecule has 0 spiro atoms. The van der Waals surface area contributed by atoms with Gasteiger partial charge in [-0.3, -0.25) is 4.79 Å². The minimum atomic E-state index is -4.65. The van der Waals surface area contributed by atoms with E-state index in [-0.39, 0.29) is 26.5 Å². The van der Waals surface area contributed by atoms with Crippen LogP contribution in [0.25, 0.3) is 21.5 Å². The number of pyridine rings is 1. The Labute approximate surface area is 155 Å². The van der Waals surface area contributed by atoms with Crippen LogP contribution in [-0.4, -0.2) is 24.0 Å². The van der Waals surface area contributed by atoms with Crippen LogP contribution < -0.4 is 15.2 Å². The van der Waals surface area contributed by atoms with Gasteiger partial charge in [-0.25, -0.2) is 4.98 Å². The molecule has 5 nitrogen and oxygen atoms in total. The maximum Gasteiger partial charge on any atom is 0.417 e. The number of aromatic nitrogens is 1. The molecule has 3 heterocycles. The number of halogens is 3. The number of anilines is 1. The highest BCUT2D eigenvalue weighted by Gasteiger charge is 2.36. The highest BCUT2D eigenvalue weighted by molar-refractivity contribution is 7.21. The summed E-state index contributed by atoms with van der Waals surface area (Å²) in [5.41, 5.74) is 5.29. The van der Waals surface area contributed by atoms with Crippen LogP contribution in [0.1, 0.15) is 22.2 Å². The number of carbonyl (C=O) groups excluding carboxylic acids is 1. The van der Waals surface area contributed by atoms with Crippen LogP contribution >= 0.6 is 11.3 Å². The molecule has 140 valence electrons. The molecule has 0 atom stereocenters. The maximum atomic E-state index is 13.7. The summed E-state index contributed by atoms with van der Waals surface area (Å²) in [5.74, 6) is 0.579. The molecule has 1 aliphatic rings. The Bertz CT molecular complexity index is 1080. The fourth-order valence-corrected chi connectivity index (χ4v) is 3.97. The number of benzene rings is 1. The van der Waals surface area contributed by atoms with Crippen LogP contribution in [-0.2, 0) is 6.18 Å². The van der Waals surface area contributed by atoms with Crippen molar-refractivity contribution in [1.82, 2.24) is 4.98 Å². The van der Waals surface area contributed by atoms with Crippen molar-refractivity contribution < 1.29 is 27.4 Å². The van der Waals surface area contributed by atoms with Crippen molar-refractivity contribution in [3.05, 3.63) is 34.7 Å². The first-order valence-corrected chi connectivity index (χ1v) is 8.78. The molecule has 2 aromatic heterocycles. The van der Waals surface area contributed by atoms with Gasteiger partial charge >= 0.3 is 6.18 Å². The van der Waals surface area contributed by atoms with Crippen molar-refractivity contribution in [1.29, 1.82) is 0 Å². The largest absolute Gasteiger partial charge is 0.486 e. The predicted molar refractivity (Wildman–Crippen MR) is 95.5 cm³/mol. The summed E-state index contributed by atoms with van der Waals surface area (Å²) in [4.78, 5) is 16.2. The van der Waals surface area contributed by atoms with Crippen LogP contribution in [0.5, 0.6) is 11.5 Å². The molecule has 4 rings (SSSR count). The normalized spacial score (nSPS) is 13.8. The van der Waals surface area contributed by atoms with Crippen LogP contribution in [0.15, 0.2) is 24.3 Å². The van der Waals surface area contributed by atoms with Crippen molar-refractivity contribution in [3.63, 3.8) is 0 Å². The van der Waals surface area contributed by atoms with Crippen LogP contribution in [0.3, 0.4) is 0 Å². The van der Waals surface area contributed by atoms with Gasteiger partial charge in [0.2, 0.25) is 0 Å². The number of hydrogen-bond donors (Lipinski definition) is 1. The van der Waals surface area contributed by atoms with Gasteiger partial charge < -0.3 is 15.2 Å². The van der Waals surface area contributed by atoms with E-state index < -0.39 is 17.5 Å². The van der Waals surface area contributed by atoms with Gasteiger partial charge in [0.05, 0.1) is 21.8 Å². The minimum absolute atomic E-state index is 0.0671. The molecule has 9 heteroatoms. The molecule has 0 unspecified atom stereocenters. The lowest BCUT2D eigenvalue weighted by Crippen LogP contribution is -2.15. The van der Waals surface area contributed by atoms with Crippen molar-refractivity contribution in [2.75, 3.05) is 18.9 Å². The Morgan fingerprint density at radius 1 is 1.19 bits per heavy atom. The number of ketones is 1. The van der Waals surface area contributed by atoms with E-state index in [0.29, 0.717) is 30.3 Å². The zero-order valence-corrected chi connectivity index (χ0v) is 14.8. The average molecular weight is 394 g/mol. The minimum Gasteiger partial charge on any atom is -0.486 e. The van der Waals surface area contributed by atoms with Gasteiger partial charge in [-0.05, 0) is 24.3 Å². The third kappa shape index (κ3) is 2.97. The van der Waals surface area contributed by atoms with E-state index in [1.54, 1.807) is 18.2 Å². The standard InChI is InChI=1S/C18H13F3N2O3S/c1-8(24)16-15(22)14-10(18(19,20)21)7-11(23-17(14)27-16)9-2-3-12-13(6-9)26-5-4-25-12/h2-3,6-7H,4-5,22H2,1H3. The number of alkyl halides is 3. The van der Waals surface area contributed by atoms with Gasteiger partial charge in [0.15, 0.2) is 17.3 Å². The zero-order chi connectivity index (χ0) is 19.3. The molecule has 0 saturated heterocycles. The molecular formula is C18H13F3N2O3S. The first-order chi connectivity index (χ1) is 12.8. The molecule has 0 fully saturated rings. The number of Topliss-reactive ketones (excluding diaryl/α,β-unsaturated/α-hetero) is 1. The lowest BCUT2D eigenvalue weighted by Gasteiger charge is -2.19. The fraction of sp³-hybridized carbons (Fsp3) is 0.222. The number of nitrogens with zero attached hydrogens (tertiary/aromatic N) is 1. The molecule has 0 bridgehead atoms. The molecule has 0 amide bonds. The topological polar surface area (TPSA) is 74.4 Å². The Balaban J connectivity index is 1.96. The van der Waals surface area contributed by atoms with Crippen LogP contribution in [0, 0.1) is 0 Å². The van der Waals surface area contributed by atoms with E-state index in [1.165, 1.54) is 6.92 Å². The first kappa shape index (κ1) is 17.6. The highest BCUT2D eigenvalue weighted by atomic mass is 32.1. The molecule has 1 aliphatic heterocycles. The average Bonchev–Trinajstić information content (AvgIpc) is 2.97. The van der Waals surface area contributed by atoms with Crippen LogP contribution in [0.2, 0.25) is 0 Å². The third-order valence-corrected chi connectivity index (χ3v) is 5.36. The quantitative estimate of drug-likeness (QED) is 0.646. The van der Waals surface area contributed by atoms with E-state index >= 15 is 0 Å². The Kier molecular flexibility index (Phi) is 3.99. The van der Waals surface area contributed by atoms with Gasteiger partial charge in [-0.2, -0.15) is 13.2 Å². The van der Waals surface area contributed by atoms with Crippen molar-refractivity contribution in [2.24, 2.45) is 0 Å². The first-order valence-electron chi connectivity index (χ1n) is 7.97. The second-order valence-electron chi connectivity index (χ2n) is 5.99. The molecule has 0 radical (unpaired) electrons. The summed E-state index contributed by atoms with van der Waals surface area (Å²) < 4.78 is 51.9. The van der Waals surface area contributed by atoms with E-state index in [2.05, 4.69) is 4.98 Å². The molecule has 0 aliphatic carbocycles. The summed E-state index contributed by atoms with van der Waals surface area (Å²) in [5, 5.41) is -0.237. The monoisotopic (exact) mass is 394 g/mol. The SMILES string of the molecule is CC(=O)c1sc2nc(-c3ccc4c(c3)OCCO4)cc(C(F)(F)F)c2c1N. The Morgan fingerprint density at radius 3 is 2.56 bits per heavy atom. The second kappa shape index (κ2) is 6.12. The van der Waals surface area contributed by atoms with Crippen molar-refractivity contribution in [2.45, 2.75) is 13.1 Å². The lowest BCUT2D eigenvalue weighted by molar-refractivity contribution is -0.136. The number of nitrogens with two attached hydrogens (primary N) is 1. The van der Waals surface area contributed by atoms with Crippen molar-refractivity contribution in [3.8, 4) is 22.8 Å². The summed E-state index contributed by atoms with van der Waals surface area (Å²) >= 11 is 0.858. The zero-order valence-electron chi connectivity index (χ0n) is 14.0. The Morgan fingerprint density at radius 2 is 1.89 bits per heavy atom. The van der Waals surface area contributed by atoms with Crippen molar-refractivity contribution >= 4 is 33.0 Å². The lowest BCUT2D eigenvalue weighted by atomic mass is 10.0. The fourth-order valence-electron chi connectivity index (χ4n) is 2.96. The molecule has 3 aromatic rings. The summed E-state index contributed by atoms with van der Waals surface area (Å²) in [6, 6.07) is 5.78. The summed E-state index contributed by atoms with van der Waals surface area (Å²) in [6.07, 6.45) is -4.65. The third-order valence-electron chi connectivity index (χ3n) is 4.16. The number of thiophene rings is 1. The smallest absolute Gasteiger partial charge is 0.417 e. The molecule has 27 heavy (non-hydrogen) atoms. The Hall–Kier alpha value is -2.81. The van der Waals surface area contributed by atoms with E-state index in [0.717, 1.165) is 17.4 Å². The highest BCUT2D eigenvalue weighted by Crippen LogP contribution is 2.44. The number of ether oxygens (including phenoxy) is 2. The van der Waals surface area contributed by atoms with Crippen LogP contribution in [0.4, 0.5) is 18.9 Å². The molecule has 2 N–H and O–H groups in total. The van der Waals surface area contributed by atoms with E-state index in [1.807, 2.05) is 0 Å². The van der Waals surface area contributed by atoms with Gasteiger partial charge in [0.1, 0.15) is 18.0 Å². The molecule has 1 aromatic carbocycles. The van der Waals surface area contributed by atoms with Gasteiger partial charge in [-0.1, -0.05) is 0 Å². The van der Waals surface area contributed by atoms with E-state index in [9.17, 15) is 18.0 Å². The molecule has 0 saturated carbocycles. The number of hydrogen-bond acceptors (Lipinski definition) is 6. The summed E-state index contributed by atoms with van der Waals surface area (Å²) in [7, 11) is 0. The number of fused-ring (bicyclic) bond motifs is 2.